The number of rotatable bonds is 61. The molecule has 79 heavy (non-hydrogen) atoms. The normalized spacial score (nSPS) is 13.6. The number of unbranched alkanes of at least 4 members (excludes halogenated alkanes) is 34. The lowest BCUT2D eigenvalue weighted by molar-refractivity contribution is -0.123. The van der Waals surface area contributed by atoms with Gasteiger partial charge in [0.05, 0.1) is 18.8 Å². The van der Waals surface area contributed by atoms with Crippen LogP contribution in [0, 0.1) is 0 Å². The summed E-state index contributed by atoms with van der Waals surface area (Å²) < 4.78 is 0. The average molecular weight is 1090 g/mol. The summed E-state index contributed by atoms with van der Waals surface area (Å²) in [5.74, 6) is -0.0703. The van der Waals surface area contributed by atoms with Crippen molar-refractivity contribution in [3.8, 4) is 0 Å². The number of aliphatic hydroxyl groups is 2. The van der Waals surface area contributed by atoms with Gasteiger partial charge in [0.25, 0.3) is 0 Å². The molecule has 0 heterocycles. The molecule has 452 valence electrons. The van der Waals surface area contributed by atoms with Crippen molar-refractivity contribution in [1.29, 1.82) is 0 Å². The number of carbonyl (C=O) groups is 1. The first kappa shape index (κ1) is 75.5. The van der Waals surface area contributed by atoms with Crippen molar-refractivity contribution >= 4 is 5.91 Å². The lowest BCUT2D eigenvalue weighted by Gasteiger charge is -2.20. The summed E-state index contributed by atoms with van der Waals surface area (Å²) in [6, 6.07) is -0.635. The Hall–Kier alpha value is -3.47. The molecule has 1 amide bonds. The number of allylic oxidation sites excluding steroid dienone is 21. The fraction of sp³-hybridized carbons (Fsp3) is 0.693. The van der Waals surface area contributed by atoms with Crippen molar-refractivity contribution in [3.63, 3.8) is 0 Å². The molecule has 0 bridgehead atoms. The van der Waals surface area contributed by atoms with Crippen LogP contribution in [0.25, 0.3) is 0 Å². The first-order valence-corrected chi connectivity index (χ1v) is 33.9. The lowest BCUT2D eigenvalue weighted by Crippen LogP contribution is -2.45. The van der Waals surface area contributed by atoms with Gasteiger partial charge in [0.1, 0.15) is 0 Å². The lowest BCUT2D eigenvalue weighted by atomic mass is 10.0. The van der Waals surface area contributed by atoms with Gasteiger partial charge in [-0.05, 0) is 96.3 Å². The Morgan fingerprint density at radius 2 is 0.557 bits per heavy atom. The van der Waals surface area contributed by atoms with E-state index in [0.717, 1.165) is 89.9 Å². The first-order chi connectivity index (χ1) is 39.2. The molecule has 0 aromatic heterocycles. The fourth-order valence-electron chi connectivity index (χ4n) is 9.80. The van der Waals surface area contributed by atoms with Gasteiger partial charge in [0.15, 0.2) is 0 Å². The molecule has 0 aliphatic rings. The summed E-state index contributed by atoms with van der Waals surface area (Å²) in [7, 11) is 0. The zero-order valence-corrected chi connectivity index (χ0v) is 52.1. The maximum absolute atomic E-state index is 12.5. The second-order valence-corrected chi connectivity index (χ2v) is 22.5. The second kappa shape index (κ2) is 68.8. The van der Waals surface area contributed by atoms with E-state index in [9.17, 15) is 15.0 Å². The van der Waals surface area contributed by atoms with Gasteiger partial charge in [-0.1, -0.05) is 347 Å². The summed E-state index contributed by atoms with van der Waals surface area (Å²) in [4.78, 5) is 12.5. The Kier molecular flexibility index (Phi) is 65.8. The van der Waals surface area contributed by atoms with Crippen LogP contribution in [0.3, 0.4) is 0 Å². The standard InChI is InChI=1S/C75H129NO3/c1-3-5-7-9-11-13-15-17-19-21-23-25-27-29-31-32-33-34-35-36-37-38-39-40-41-42-43-44-45-47-49-51-53-55-57-59-61-63-65-67-69-71-75(79)76-73(72-77)74(78)70-68-66-64-62-60-58-56-54-52-50-48-46-30-28-26-24-22-20-18-16-14-12-10-8-6-4-2/h5,7,11,13,17,19,23,25,29,31,33-34,36-37,39-40,42-43,45,47,68,70,73-74,77-78H,3-4,6,8-10,12,14-16,18,20-22,24,26-28,30,32,35,38,41,44,46,48-67,69,71-72H2,1-2H3,(H,76,79)/b7-5-,13-11-,19-17-,25-23-,31-29-,34-33-,37-36-,40-39-,43-42-,47-45-,70-68+. The average Bonchev–Trinajstić information content (AvgIpc) is 3.45. The fourth-order valence-corrected chi connectivity index (χ4v) is 9.80. The molecule has 0 aromatic rings. The molecule has 2 atom stereocenters. The van der Waals surface area contributed by atoms with E-state index < -0.39 is 12.1 Å². The van der Waals surface area contributed by atoms with E-state index in [2.05, 4.69) is 141 Å². The summed E-state index contributed by atoms with van der Waals surface area (Å²) in [5.41, 5.74) is 0. The molecule has 0 fully saturated rings. The van der Waals surface area contributed by atoms with Gasteiger partial charge < -0.3 is 15.5 Å². The van der Waals surface area contributed by atoms with Crippen molar-refractivity contribution in [2.75, 3.05) is 6.61 Å². The van der Waals surface area contributed by atoms with Crippen molar-refractivity contribution in [1.82, 2.24) is 5.32 Å². The number of hydrogen-bond donors (Lipinski definition) is 3. The molecule has 0 aliphatic heterocycles. The molecule has 3 N–H and O–H groups in total. The van der Waals surface area contributed by atoms with Crippen LogP contribution >= 0.6 is 0 Å². The van der Waals surface area contributed by atoms with Crippen LogP contribution < -0.4 is 5.32 Å². The summed E-state index contributed by atoms with van der Waals surface area (Å²) in [5, 5.41) is 23.3. The number of carbonyl (C=O) groups excluding carboxylic acids is 1. The van der Waals surface area contributed by atoms with Crippen molar-refractivity contribution in [3.05, 3.63) is 134 Å². The van der Waals surface area contributed by atoms with E-state index in [1.807, 2.05) is 6.08 Å². The molecule has 0 saturated heterocycles. The second-order valence-electron chi connectivity index (χ2n) is 22.5. The van der Waals surface area contributed by atoms with Crippen LogP contribution in [0.15, 0.2) is 134 Å². The highest BCUT2D eigenvalue weighted by Crippen LogP contribution is 2.17. The van der Waals surface area contributed by atoms with E-state index in [0.29, 0.717) is 6.42 Å². The summed E-state index contributed by atoms with van der Waals surface area (Å²) in [6.45, 7) is 4.21. The number of nitrogens with one attached hydrogen (secondary N) is 1. The first-order valence-electron chi connectivity index (χ1n) is 33.9. The predicted molar refractivity (Wildman–Crippen MR) is 354 cm³/mol. The molecule has 0 aromatic carbocycles. The zero-order valence-electron chi connectivity index (χ0n) is 52.1. The quantitative estimate of drug-likeness (QED) is 0.0420. The van der Waals surface area contributed by atoms with E-state index in [-0.39, 0.29) is 12.5 Å². The highest BCUT2D eigenvalue weighted by Gasteiger charge is 2.18. The van der Waals surface area contributed by atoms with Crippen LogP contribution in [0.5, 0.6) is 0 Å². The highest BCUT2D eigenvalue weighted by molar-refractivity contribution is 5.76. The molecular formula is C75H129NO3. The van der Waals surface area contributed by atoms with Crippen LogP contribution in [0.1, 0.15) is 316 Å². The third-order valence-corrected chi connectivity index (χ3v) is 14.9. The molecule has 0 aliphatic carbocycles. The molecular weight excluding hydrogens is 963 g/mol. The summed E-state index contributed by atoms with van der Waals surface area (Å²) in [6.07, 6.45) is 107. The van der Waals surface area contributed by atoms with E-state index in [4.69, 9.17) is 0 Å². The third-order valence-electron chi connectivity index (χ3n) is 14.9. The molecule has 2 unspecified atom stereocenters. The maximum atomic E-state index is 12.5. The topological polar surface area (TPSA) is 69.6 Å². The molecule has 0 spiro atoms. The van der Waals surface area contributed by atoms with E-state index in [1.165, 1.54) is 205 Å². The Morgan fingerprint density at radius 1 is 0.316 bits per heavy atom. The maximum Gasteiger partial charge on any atom is 0.220 e. The van der Waals surface area contributed by atoms with Crippen molar-refractivity contribution < 1.29 is 15.0 Å². The van der Waals surface area contributed by atoms with Crippen molar-refractivity contribution in [2.45, 2.75) is 328 Å². The predicted octanol–water partition coefficient (Wildman–Crippen LogP) is 23.3. The largest absolute Gasteiger partial charge is 0.394 e. The molecule has 0 saturated carbocycles. The smallest absolute Gasteiger partial charge is 0.220 e. The third kappa shape index (κ3) is 65.2. The van der Waals surface area contributed by atoms with Crippen LogP contribution in [-0.4, -0.2) is 34.9 Å². The van der Waals surface area contributed by atoms with Gasteiger partial charge in [0.2, 0.25) is 5.91 Å². The van der Waals surface area contributed by atoms with Gasteiger partial charge in [-0.2, -0.15) is 0 Å². The summed E-state index contributed by atoms with van der Waals surface area (Å²) >= 11 is 0. The highest BCUT2D eigenvalue weighted by atomic mass is 16.3. The molecule has 4 heteroatoms. The molecule has 0 radical (unpaired) electrons. The number of hydrogen-bond acceptors (Lipinski definition) is 3. The Balaban J connectivity index is 3.57. The van der Waals surface area contributed by atoms with E-state index >= 15 is 0 Å². The van der Waals surface area contributed by atoms with Gasteiger partial charge in [0, 0.05) is 6.42 Å². The van der Waals surface area contributed by atoms with Gasteiger partial charge in [-0.25, -0.2) is 0 Å². The minimum Gasteiger partial charge on any atom is -0.394 e. The van der Waals surface area contributed by atoms with E-state index in [1.54, 1.807) is 6.08 Å². The van der Waals surface area contributed by atoms with Gasteiger partial charge in [-0.3, -0.25) is 4.79 Å². The zero-order chi connectivity index (χ0) is 56.9. The van der Waals surface area contributed by atoms with Crippen LogP contribution in [0.4, 0.5) is 0 Å². The Labute approximate surface area is 491 Å². The Bertz CT molecular complexity index is 1570. The number of aliphatic hydroxyl groups excluding tert-OH is 2. The van der Waals surface area contributed by atoms with Gasteiger partial charge in [-0.15, -0.1) is 0 Å². The number of amides is 1. The van der Waals surface area contributed by atoms with Crippen molar-refractivity contribution in [2.24, 2.45) is 0 Å². The molecule has 0 rings (SSSR count). The Morgan fingerprint density at radius 3 is 0.835 bits per heavy atom. The molecule has 4 nitrogen and oxygen atoms in total. The monoisotopic (exact) mass is 1090 g/mol. The minimum atomic E-state index is -0.851. The SMILES string of the molecule is CC/C=C\C/C=C\C/C=C\C/C=C\C/C=C\C/C=C\C/C=C\C/C=C\C/C=C\C/C=C\CCCCCCCCCCCCC(=O)NC(CO)C(O)/C=C/CCCCCCCCCCCCCCCCCCCCCCCCCC. The van der Waals surface area contributed by atoms with Gasteiger partial charge >= 0.3 is 0 Å². The minimum absolute atomic E-state index is 0.0703. The van der Waals surface area contributed by atoms with Crippen LogP contribution in [-0.2, 0) is 4.79 Å². The van der Waals surface area contributed by atoms with Crippen LogP contribution in [0.2, 0.25) is 0 Å².